The molecule has 0 aliphatic heterocycles. The molecule has 110 valence electrons. The van der Waals surface area contributed by atoms with E-state index in [0.717, 1.165) is 0 Å². The first-order valence-electron chi connectivity index (χ1n) is 6.17. The van der Waals surface area contributed by atoms with Gasteiger partial charge in [0, 0.05) is 24.7 Å². The lowest BCUT2D eigenvalue weighted by atomic mass is 10.2. The van der Waals surface area contributed by atoms with Crippen LogP contribution in [0, 0.1) is 11.7 Å². The molecule has 0 unspecified atom stereocenters. The lowest BCUT2D eigenvalue weighted by Crippen LogP contribution is -2.38. The van der Waals surface area contributed by atoms with Crippen molar-refractivity contribution >= 4 is 33.6 Å². The minimum absolute atomic E-state index is 0.0674. The minimum atomic E-state index is -0.453. The van der Waals surface area contributed by atoms with Gasteiger partial charge in [0.1, 0.15) is 5.82 Å². The molecule has 0 aromatic heterocycles. The second-order valence-corrected chi connectivity index (χ2v) is 5.31. The minimum Gasteiger partial charge on any atom is -0.354 e. The molecule has 0 heterocycles. The summed E-state index contributed by atoms with van der Waals surface area (Å²) in [5.41, 5.74) is 0.356. The third-order valence-corrected chi connectivity index (χ3v) is 3.05. The van der Waals surface area contributed by atoms with Gasteiger partial charge in [0.2, 0.25) is 5.91 Å². The molecule has 20 heavy (non-hydrogen) atoms. The van der Waals surface area contributed by atoms with Crippen molar-refractivity contribution in [3.8, 4) is 0 Å². The predicted octanol–water partition coefficient (Wildman–Crippen LogP) is 2.48. The van der Waals surface area contributed by atoms with Gasteiger partial charge in [0.25, 0.3) is 0 Å². The summed E-state index contributed by atoms with van der Waals surface area (Å²) in [6.07, 6.45) is 0. The maximum absolute atomic E-state index is 13.2. The third kappa shape index (κ3) is 5.56. The topological polar surface area (TPSA) is 70.2 Å². The molecule has 0 radical (unpaired) electrons. The van der Waals surface area contributed by atoms with Crippen molar-refractivity contribution in [2.75, 3.05) is 18.4 Å². The van der Waals surface area contributed by atoms with Gasteiger partial charge in [-0.1, -0.05) is 13.8 Å². The SMILES string of the molecule is CC(C)C(=O)NCCNC(=O)Nc1ccc(Br)c(F)c1. The molecule has 3 N–H and O–H groups in total. The average Bonchev–Trinajstić information content (AvgIpc) is 2.38. The Balaban J connectivity index is 2.30. The number of hydrogen-bond donors (Lipinski definition) is 3. The van der Waals surface area contributed by atoms with E-state index >= 15 is 0 Å². The Labute approximate surface area is 125 Å². The Bertz CT molecular complexity index is 495. The number of anilines is 1. The summed E-state index contributed by atoms with van der Waals surface area (Å²) < 4.78 is 13.6. The number of rotatable bonds is 5. The van der Waals surface area contributed by atoms with Crippen LogP contribution in [0.4, 0.5) is 14.9 Å². The van der Waals surface area contributed by atoms with Crippen LogP contribution in [-0.4, -0.2) is 25.0 Å². The number of halogens is 2. The summed E-state index contributed by atoms with van der Waals surface area (Å²) >= 11 is 3.03. The normalized spacial score (nSPS) is 10.2. The standard InChI is InChI=1S/C13H17BrFN3O2/c1-8(2)12(19)16-5-6-17-13(20)18-9-3-4-10(14)11(15)7-9/h3-4,7-8H,5-6H2,1-2H3,(H,16,19)(H2,17,18,20). The zero-order valence-corrected chi connectivity index (χ0v) is 12.9. The summed E-state index contributed by atoms with van der Waals surface area (Å²) in [7, 11) is 0. The van der Waals surface area contributed by atoms with Crippen molar-refractivity contribution in [2.45, 2.75) is 13.8 Å². The molecule has 1 aromatic carbocycles. The fourth-order valence-corrected chi connectivity index (χ4v) is 1.56. The lowest BCUT2D eigenvalue weighted by Gasteiger charge is -2.10. The molecular weight excluding hydrogens is 329 g/mol. The summed E-state index contributed by atoms with van der Waals surface area (Å²) in [5.74, 6) is -0.608. The summed E-state index contributed by atoms with van der Waals surface area (Å²) in [5, 5.41) is 7.73. The van der Waals surface area contributed by atoms with Crippen LogP contribution in [-0.2, 0) is 4.79 Å². The van der Waals surface area contributed by atoms with E-state index in [2.05, 4.69) is 31.9 Å². The van der Waals surface area contributed by atoms with Crippen molar-refractivity contribution in [2.24, 2.45) is 5.92 Å². The fourth-order valence-electron chi connectivity index (χ4n) is 1.32. The van der Waals surface area contributed by atoms with Gasteiger partial charge in [-0.05, 0) is 34.1 Å². The van der Waals surface area contributed by atoms with Gasteiger partial charge in [-0.2, -0.15) is 0 Å². The molecule has 0 saturated heterocycles. The molecule has 0 atom stereocenters. The second kappa shape index (κ2) is 7.84. The van der Waals surface area contributed by atoms with Crippen LogP contribution in [0.15, 0.2) is 22.7 Å². The quantitative estimate of drug-likeness (QED) is 0.717. The van der Waals surface area contributed by atoms with Gasteiger partial charge < -0.3 is 16.0 Å². The Morgan fingerprint density at radius 3 is 2.50 bits per heavy atom. The highest BCUT2D eigenvalue weighted by molar-refractivity contribution is 9.10. The molecule has 5 nitrogen and oxygen atoms in total. The Kier molecular flexibility index (Phi) is 6.44. The molecule has 0 bridgehead atoms. The van der Waals surface area contributed by atoms with Gasteiger partial charge in [-0.3, -0.25) is 4.79 Å². The Morgan fingerprint density at radius 2 is 1.90 bits per heavy atom. The maximum Gasteiger partial charge on any atom is 0.319 e. The second-order valence-electron chi connectivity index (χ2n) is 4.46. The maximum atomic E-state index is 13.2. The number of urea groups is 1. The van der Waals surface area contributed by atoms with Crippen LogP contribution in [0.5, 0.6) is 0 Å². The van der Waals surface area contributed by atoms with Crippen LogP contribution in [0.3, 0.4) is 0 Å². The molecule has 0 fully saturated rings. The van der Waals surface area contributed by atoms with Crippen molar-refractivity contribution in [1.29, 1.82) is 0 Å². The van der Waals surface area contributed by atoms with E-state index < -0.39 is 11.8 Å². The van der Waals surface area contributed by atoms with Gasteiger partial charge in [-0.25, -0.2) is 9.18 Å². The highest BCUT2D eigenvalue weighted by atomic mass is 79.9. The summed E-state index contributed by atoms with van der Waals surface area (Å²) in [6, 6.07) is 3.84. The van der Waals surface area contributed by atoms with Crippen LogP contribution in [0.25, 0.3) is 0 Å². The van der Waals surface area contributed by atoms with Gasteiger partial charge in [-0.15, -0.1) is 0 Å². The third-order valence-electron chi connectivity index (χ3n) is 2.41. The molecule has 3 amide bonds. The molecule has 0 saturated carbocycles. The lowest BCUT2D eigenvalue weighted by molar-refractivity contribution is -0.123. The number of hydrogen-bond acceptors (Lipinski definition) is 2. The average molecular weight is 346 g/mol. The van der Waals surface area contributed by atoms with Crippen molar-refractivity contribution in [1.82, 2.24) is 10.6 Å². The van der Waals surface area contributed by atoms with Crippen LogP contribution < -0.4 is 16.0 Å². The highest BCUT2D eigenvalue weighted by Crippen LogP contribution is 2.19. The van der Waals surface area contributed by atoms with Crippen LogP contribution in [0.2, 0.25) is 0 Å². The summed E-state index contributed by atoms with van der Waals surface area (Å²) in [4.78, 5) is 22.8. The molecular formula is C13H17BrFN3O2. The first-order valence-corrected chi connectivity index (χ1v) is 6.97. The fraction of sp³-hybridized carbons (Fsp3) is 0.385. The van der Waals surface area contributed by atoms with Crippen LogP contribution >= 0.6 is 15.9 Å². The number of nitrogens with one attached hydrogen (secondary N) is 3. The number of carbonyl (C=O) groups is 2. The Hall–Kier alpha value is -1.63. The summed E-state index contributed by atoms with van der Waals surface area (Å²) in [6.45, 7) is 4.22. The predicted molar refractivity (Wildman–Crippen MR) is 79.0 cm³/mol. The van der Waals surface area contributed by atoms with Gasteiger partial charge in [0.05, 0.1) is 4.47 Å². The monoisotopic (exact) mass is 345 g/mol. The number of amides is 3. The molecule has 1 rings (SSSR count). The van der Waals surface area contributed by atoms with Crippen molar-refractivity contribution in [3.05, 3.63) is 28.5 Å². The zero-order valence-electron chi connectivity index (χ0n) is 11.3. The van der Waals surface area contributed by atoms with Gasteiger partial charge in [0.15, 0.2) is 0 Å². The first kappa shape index (κ1) is 16.4. The molecule has 0 aliphatic rings. The van der Waals surface area contributed by atoms with E-state index in [1.54, 1.807) is 19.9 Å². The molecule has 0 aliphatic carbocycles. The molecule has 1 aromatic rings. The van der Waals surface area contributed by atoms with Crippen molar-refractivity contribution < 1.29 is 14.0 Å². The molecule has 0 spiro atoms. The van der Waals surface area contributed by atoms with Gasteiger partial charge >= 0.3 is 6.03 Å². The van der Waals surface area contributed by atoms with E-state index in [-0.39, 0.29) is 11.8 Å². The van der Waals surface area contributed by atoms with E-state index in [1.165, 1.54) is 12.1 Å². The van der Waals surface area contributed by atoms with E-state index in [9.17, 15) is 14.0 Å². The zero-order chi connectivity index (χ0) is 15.1. The van der Waals surface area contributed by atoms with E-state index in [4.69, 9.17) is 0 Å². The Morgan fingerprint density at radius 1 is 1.25 bits per heavy atom. The number of carbonyl (C=O) groups excluding carboxylic acids is 2. The number of benzene rings is 1. The highest BCUT2D eigenvalue weighted by Gasteiger charge is 2.06. The van der Waals surface area contributed by atoms with E-state index in [0.29, 0.717) is 23.2 Å². The largest absolute Gasteiger partial charge is 0.354 e. The molecule has 7 heteroatoms. The van der Waals surface area contributed by atoms with Crippen molar-refractivity contribution in [3.63, 3.8) is 0 Å². The smallest absolute Gasteiger partial charge is 0.319 e. The van der Waals surface area contributed by atoms with Crippen LogP contribution in [0.1, 0.15) is 13.8 Å². The van der Waals surface area contributed by atoms with E-state index in [1.807, 2.05) is 0 Å². The first-order chi connectivity index (χ1) is 9.40.